The SMILES string of the molecule is CN[C](=O)[InH2]. The summed E-state index contributed by atoms with van der Waals surface area (Å²) in [4.78, 5) is 9.79. The third-order valence-electron chi connectivity index (χ3n) is 0.352. The van der Waals surface area contributed by atoms with Crippen molar-refractivity contribution in [1.29, 1.82) is 0 Å². The number of amides is 1. The van der Waals surface area contributed by atoms with Crippen molar-refractivity contribution in [1.82, 2.24) is 5.32 Å². The molecule has 1 N–H and O–H groups in total. The van der Waals surface area contributed by atoms with Gasteiger partial charge in [-0.25, -0.2) is 0 Å². The molecule has 0 aliphatic heterocycles. The van der Waals surface area contributed by atoms with Crippen molar-refractivity contribution >= 4 is 28.0 Å². The number of nitrogens with one attached hydrogen (secondary N) is 1. The van der Waals surface area contributed by atoms with Crippen LogP contribution in [0.2, 0.25) is 0 Å². The Kier molecular flexibility index (Phi) is 2.75. The van der Waals surface area contributed by atoms with Gasteiger partial charge in [-0.3, -0.25) is 0 Å². The van der Waals surface area contributed by atoms with E-state index in [4.69, 9.17) is 0 Å². The molecule has 0 unspecified atom stereocenters. The van der Waals surface area contributed by atoms with E-state index in [1.54, 1.807) is 7.05 Å². The van der Waals surface area contributed by atoms with Gasteiger partial charge in [0.05, 0.1) is 0 Å². The van der Waals surface area contributed by atoms with E-state index in [1.807, 2.05) is 0 Å². The summed E-state index contributed by atoms with van der Waals surface area (Å²) in [5.74, 6) is 0. The molecule has 0 radical (unpaired) electrons. The van der Waals surface area contributed by atoms with Crippen LogP contribution in [0, 0.1) is 0 Å². The molecule has 0 aliphatic rings. The second-order valence-electron chi connectivity index (χ2n) is 0.806. The van der Waals surface area contributed by atoms with Gasteiger partial charge in [0, 0.05) is 0 Å². The van der Waals surface area contributed by atoms with E-state index in [1.165, 1.54) is 0 Å². The number of carbonyl (C=O) groups excluding carboxylic acids is 1. The predicted octanol–water partition coefficient (Wildman–Crippen LogP) is -1.04. The molecule has 0 saturated heterocycles. The molecule has 0 spiro atoms. The molecule has 0 aromatic carbocycles. The van der Waals surface area contributed by atoms with Gasteiger partial charge in [0.25, 0.3) is 0 Å². The second kappa shape index (κ2) is 2.57. The van der Waals surface area contributed by atoms with Crippen molar-refractivity contribution in [3.63, 3.8) is 0 Å². The summed E-state index contributed by atoms with van der Waals surface area (Å²) in [7, 11) is 1.65. The Labute approximate surface area is 45.5 Å². The number of carbonyl (C=O) groups is 1. The first-order chi connectivity index (χ1) is 2.27. The molecule has 0 aromatic heterocycles. The number of hydrogen-bond donors (Lipinski definition) is 1. The summed E-state index contributed by atoms with van der Waals surface area (Å²) in [6.07, 6.45) is 0. The molecule has 28 valence electrons. The van der Waals surface area contributed by atoms with E-state index in [-0.39, 0.29) is 28.0 Å². The summed E-state index contributed by atoms with van der Waals surface area (Å²) in [6, 6.07) is 0. The first-order valence-corrected chi connectivity index (χ1v) is 4.31. The molecule has 0 fully saturated rings. The van der Waals surface area contributed by atoms with Crippen LogP contribution in [0.25, 0.3) is 0 Å². The van der Waals surface area contributed by atoms with Crippen LogP contribution in [0.1, 0.15) is 0 Å². The van der Waals surface area contributed by atoms with Crippen LogP contribution >= 0.6 is 0 Å². The van der Waals surface area contributed by atoms with Crippen LogP contribution in [-0.2, 0) is 0 Å². The Balaban J connectivity index is 2.85. The summed E-state index contributed by atoms with van der Waals surface area (Å²) < 4.78 is 0.215. The summed E-state index contributed by atoms with van der Waals surface area (Å²) in [5.41, 5.74) is 0. The topological polar surface area (TPSA) is 29.1 Å². The third kappa shape index (κ3) is 4.34. The molecule has 2 nitrogen and oxygen atoms in total. The summed E-state index contributed by atoms with van der Waals surface area (Å²) in [6.45, 7) is 0. The van der Waals surface area contributed by atoms with Crippen LogP contribution in [0.3, 0.4) is 0 Å². The quantitative estimate of drug-likeness (QED) is 0.500. The first-order valence-electron chi connectivity index (χ1n) is 1.45. The molecular weight excluding hydrogens is 169 g/mol. The number of rotatable bonds is 0. The predicted molar refractivity (Wildman–Crippen MR) is 23.0 cm³/mol. The average Bonchev–Trinajstić information content (AvgIpc) is 1.38. The Morgan fingerprint density at radius 3 is 2.20 bits per heavy atom. The zero-order chi connectivity index (χ0) is 4.28. The Bertz CT molecular complexity index is 44.9. The minimum absolute atomic E-state index is 0.183. The van der Waals surface area contributed by atoms with E-state index in [0.717, 1.165) is 0 Å². The molecule has 1 amide bonds. The third-order valence-corrected chi connectivity index (χ3v) is 1.78. The van der Waals surface area contributed by atoms with Crippen LogP contribution in [0.5, 0.6) is 0 Å². The maximum absolute atomic E-state index is 9.79. The van der Waals surface area contributed by atoms with Crippen LogP contribution in [0.15, 0.2) is 0 Å². The number of hydrogen-bond acceptors (Lipinski definition) is 1. The molecule has 0 aliphatic carbocycles. The molecule has 5 heavy (non-hydrogen) atoms. The van der Waals surface area contributed by atoms with Crippen molar-refractivity contribution < 1.29 is 4.79 Å². The van der Waals surface area contributed by atoms with E-state index in [2.05, 4.69) is 5.32 Å². The molecule has 0 saturated carbocycles. The average molecular weight is 175 g/mol. The van der Waals surface area contributed by atoms with Crippen LogP contribution in [0.4, 0.5) is 4.79 Å². The van der Waals surface area contributed by atoms with Gasteiger partial charge in [0.2, 0.25) is 0 Å². The van der Waals surface area contributed by atoms with Gasteiger partial charge in [0.1, 0.15) is 0 Å². The van der Waals surface area contributed by atoms with Crippen molar-refractivity contribution in [2.45, 2.75) is 0 Å². The van der Waals surface area contributed by atoms with Gasteiger partial charge in [-0.15, -0.1) is 0 Å². The Hall–Kier alpha value is 0.340. The van der Waals surface area contributed by atoms with Crippen molar-refractivity contribution in [3.8, 4) is 0 Å². The van der Waals surface area contributed by atoms with Crippen LogP contribution < -0.4 is 5.32 Å². The van der Waals surface area contributed by atoms with Gasteiger partial charge in [-0.1, -0.05) is 0 Å². The van der Waals surface area contributed by atoms with Crippen LogP contribution in [-0.4, -0.2) is 35.1 Å². The zero-order valence-electron chi connectivity index (χ0n) is 3.41. The summed E-state index contributed by atoms with van der Waals surface area (Å²) >= 11 is 0.183. The molecule has 0 heterocycles. The van der Waals surface area contributed by atoms with Crippen molar-refractivity contribution in [2.24, 2.45) is 0 Å². The van der Waals surface area contributed by atoms with E-state index in [9.17, 15) is 4.79 Å². The Morgan fingerprint density at radius 1 is 2.00 bits per heavy atom. The van der Waals surface area contributed by atoms with Gasteiger partial charge in [0.15, 0.2) is 0 Å². The molecule has 0 rings (SSSR count). The van der Waals surface area contributed by atoms with Gasteiger partial charge in [-0.2, -0.15) is 0 Å². The Morgan fingerprint density at radius 2 is 2.20 bits per heavy atom. The van der Waals surface area contributed by atoms with Crippen molar-refractivity contribution in [3.05, 3.63) is 0 Å². The fraction of sp³-hybridized carbons (Fsp3) is 0.500. The van der Waals surface area contributed by atoms with Gasteiger partial charge >= 0.3 is 45.2 Å². The van der Waals surface area contributed by atoms with E-state index in [0.29, 0.717) is 0 Å². The van der Waals surface area contributed by atoms with E-state index >= 15 is 0 Å². The first kappa shape index (κ1) is 5.34. The molecule has 0 aromatic rings. The fourth-order valence-electron chi connectivity index (χ4n) is 0. The summed E-state index contributed by atoms with van der Waals surface area (Å²) in [5, 5.41) is 2.48. The van der Waals surface area contributed by atoms with Gasteiger partial charge < -0.3 is 0 Å². The second-order valence-corrected chi connectivity index (χ2v) is 3.40. The minimum atomic E-state index is 0.183. The maximum atomic E-state index is 9.79. The standard InChI is InChI=1S/C2H4NO.In.2H/c1-3-2-4;;;/h1H3,(H,3,4);;;. The molecule has 0 bridgehead atoms. The molecular formula is C2H6InNO. The van der Waals surface area contributed by atoms with E-state index < -0.39 is 0 Å². The monoisotopic (exact) mass is 175 g/mol. The fourth-order valence-corrected chi connectivity index (χ4v) is 0. The molecule has 0 atom stereocenters. The van der Waals surface area contributed by atoms with Gasteiger partial charge in [-0.05, 0) is 0 Å². The van der Waals surface area contributed by atoms with Crippen molar-refractivity contribution in [2.75, 3.05) is 7.05 Å². The molecule has 3 heteroatoms. The zero-order valence-corrected chi connectivity index (χ0v) is 9.12. The normalized spacial score (nSPS) is 6.60.